The summed E-state index contributed by atoms with van der Waals surface area (Å²) in [5.74, 6) is 1.87. The first-order chi connectivity index (χ1) is 15.6. The van der Waals surface area contributed by atoms with Crippen LogP contribution >= 0.6 is 0 Å². The van der Waals surface area contributed by atoms with Gasteiger partial charge in [0.1, 0.15) is 5.75 Å². The van der Waals surface area contributed by atoms with Gasteiger partial charge in [-0.25, -0.2) is 4.79 Å². The third-order valence-electron chi connectivity index (χ3n) is 6.75. The van der Waals surface area contributed by atoms with E-state index < -0.39 is 0 Å². The summed E-state index contributed by atoms with van der Waals surface area (Å²) in [6, 6.07) is 14.1. The Morgan fingerprint density at radius 1 is 1.16 bits per heavy atom. The second-order valence-corrected chi connectivity index (χ2v) is 8.82. The highest BCUT2D eigenvalue weighted by Gasteiger charge is 2.34. The molecule has 1 aromatic heterocycles. The first-order valence-electron chi connectivity index (χ1n) is 11.3. The van der Waals surface area contributed by atoms with Crippen LogP contribution in [0.3, 0.4) is 0 Å². The predicted octanol–water partition coefficient (Wildman–Crippen LogP) is 3.90. The van der Waals surface area contributed by atoms with Crippen molar-refractivity contribution in [3.63, 3.8) is 0 Å². The van der Waals surface area contributed by atoms with Crippen molar-refractivity contribution in [2.45, 2.75) is 25.8 Å². The zero-order valence-electron chi connectivity index (χ0n) is 18.6. The van der Waals surface area contributed by atoms with Crippen LogP contribution in [0.4, 0.5) is 5.82 Å². The van der Waals surface area contributed by atoms with Gasteiger partial charge in [-0.2, -0.15) is 0 Å². The number of para-hydroxylation sites is 1. The van der Waals surface area contributed by atoms with E-state index in [1.54, 1.807) is 12.1 Å². The standard InChI is InChI=1S/C25H29N3O4/c1-17-7-9-19(25(29)30-2)13-23(17)31-16-18-8-10-20-15-28(12-11-27(20)14-18)24-21-5-3-4-6-22(21)32-26-24/h3-7,9,13,18,20H,8,10-12,14-16H2,1-2H3. The van der Waals surface area contributed by atoms with Gasteiger partial charge in [-0.3, -0.25) is 4.90 Å². The second-order valence-electron chi connectivity index (χ2n) is 8.82. The lowest BCUT2D eigenvalue weighted by atomic mass is 9.91. The fraction of sp³-hybridized carbons (Fsp3) is 0.440. The number of carbonyl (C=O) groups excluding carboxylic acids is 1. The summed E-state index contributed by atoms with van der Waals surface area (Å²) in [7, 11) is 1.39. The molecule has 3 heterocycles. The Kier molecular flexibility index (Phi) is 5.74. The Hall–Kier alpha value is -3.06. The Balaban J connectivity index is 1.19. The molecule has 0 spiro atoms. The molecule has 2 aliphatic rings. The Bertz CT molecular complexity index is 1110. The van der Waals surface area contributed by atoms with Crippen LogP contribution in [-0.4, -0.2) is 62.0 Å². The minimum atomic E-state index is -0.340. The van der Waals surface area contributed by atoms with Crippen LogP contribution in [0.25, 0.3) is 11.0 Å². The molecule has 32 heavy (non-hydrogen) atoms. The average Bonchev–Trinajstić information content (AvgIpc) is 3.27. The number of hydrogen-bond acceptors (Lipinski definition) is 7. The number of piperazine rings is 1. The van der Waals surface area contributed by atoms with Gasteiger partial charge in [0.15, 0.2) is 11.4 Å². The molecule has 168 valence electrons. The zero-order chi connectivity index (χ0) is 22.1. The lowest BCUT2D eigenvalue weighted by molar-refractivity contribution is 0.0598. The molecule has 2 saturated heterocycles. The minimum Gasteiger partial charge on any atom is -0.493 e. The maximum atomic E-state index is 11.8. The van der Waals surface area contributed by atoms with E-state index in [-0.39, 0.29) is 5.97 Å². The van der Waals surface area contributed by atoms with Crippen molar-refractivity contribution in [2.75, 3.05) is 44.8 Å². The fourth-order valence-electron chi connectivity index (χ4n) is 4.90. The van der Waals surface area contributed by atoms with Crippen LogP contribution in [-0.2, 0) is 4.74 Å². The van der Waals surface area contributed by atoms with Gasteiger partial charge >= 0.3 is 5.97 Å². The maximum absolute atomic E-state index is 11.8. The number of benzene rings is 2. The number of ether oxygens (including phenoxy) is 2. The molecule has 0 saturated carbocycles. The number of carbonyl (C=O) groups is 1. The number of fused-ring (bicyclic) bond motifs is 2. The highest BCUT2D eigenvalue weighted by atomic mass is 16.5. The third-order valence-corrected chi connectivity index (χ3v) is 6.75. The second kappa shape index (κ2) is 8.82. The Labute approximate surface area is 187 Å². The van der Waals surface area contributed by atoms with Crippen molar-refractivity contribution in [1.29, 1.82) is 0 Å². The normalized spacial score (nSPS) is 21.4. The molecule has 0 amide bonds. The van der Waals surface area contributed by atoms with E-state index in [9.17, 15) is 4.79 Å². The number of rotatable bonds is 5. The van der Waals surface area contributed by atoms with Crippen molar-refractivity contribution in [2.24, 2.45) is 5.92 Å². The number of aryl methyl sites for hydroxylation is 1. The zero-order valence-corrected chi connectivity index (χ0v) is 18.6. The SMILES string of the molecule is COC(=O)c1ccc(C)c(OCC2CCC3CN(c4noc5ccccc45)CCN3C2)c1. The third kappa shape index (κ3) is 4.05. The molecule has 0 radical (unpaired) electrons. The molecular formula is C25H29N3O4. The summed E-state index contributed by atoms with van der Waals surface area (Å²) in [5.41, 5.74) is 2.39. The highest BCUT2D eigenvalue weighted by molar-refractivity contribution is 5.90. The molecule has 0 N–H and O–H groups in total. The van der Waals surface area contributed by atoms with Crippen molar-refractivity contribution in [3.8, 4) is 5.75 Å². The number of anilines is 1. The quantitative estimate of drug-likeness (QED) is 0.563. The van der Waals surface area contributed by atoms with Crippen LogP contribution in [0.15, 0.2) is 47.0 Å². The van der Waals surface area contributed by atoms with E-state index in [0.29, 0.717) is 24.1 Å². The van der Waals surface area contributed by atoms with Gasteiger partial charge in [-0.15, -0.1) is 0 Å². The average molecular weight is 436 g/mol. The summed E-state index contributed by atoms with van der Waals surface area (Å²) in [4.78, 5) is 16.8. The van der Waals surface area contributed by atoms with Gasteiger partial charge in [0.2, 0.25) is 0 Å². The van der Waals surface area contributed by atoms with Crippen molar-refractivity contribution in [1.82, 2.24) is 10.1 Å². The van der Waals surface area contributed by atoms with E-state index in [2.05, 4.69) is 21.0 Å². The largest absolute Gasteiger partial charge is 0.493 e. The van der Waals surface area contributed by atoms with Gasteiger partial charge in [-0.05, 0) is 49.6 Å². The van der Waals surface area contributed by atoms with Gasteiger partial charge in [0.05, 0.1) is 24.7 Å². The lowest BCUT2D eigenvalue weighted by Gasteiger charge is -2.46. The summed E-state index contributed by atoms with van der Waals surface area (Å²) in [6.07, 6.45) is 2.27. The van der Waals surface area contributed by atoms with Crippen LogP contribution in [0, 0.1) is 12.8 Å². The first kappa shape index (κ1) is 20.8. The number of aromatic nitrogens is 1. The van der Waals surface area contributed by atoms with Crippen molar-refractivity contribution >= 4 is 22.8 Å². The van der Waals surface area contributed by atoms with Gasteiger partial charge in [0.25, 0.3) is 0 Å². The lowest BCUT2D eigenvalue weighted by Crippen LogP contribution is -2.57. The summed E-state index contributed by atoms with van der Waals surface area (Å²) in [5, 5.41) is 5.44. The van der Waals surface area contributed by atoms with Gasteiger partial charge in [-0.1, -0.05) is 23.4 Å². The molecule has 2 aliphatic heterocycles. The Morgan fingerprint density at radius 2 is 2.03 bits per heavy atom. The summed E-state index contributed by atoms with van der Waals surface area (Å²) < 4.78 is 16.5. The summed E-state index contributed by atoms with van der Waals surface area (Å²) in [6.45, 7) is 6.63. The monoisotopic (exact) mass is 435 g/mol. The van der Waals surface area contributed by atoms with E-state index in [0.717, 1.165) is 67.1 Å². The van der Waals surface area contributed by atoms with Crippen LogP contribution < -0.4 is 9.64 Å². The number of piperidine rings is 1. The molecule has 3 aromatic rings. The van der Waals surface area contributed by atoms with E-state index in [4.69, 9.17) is 14.0 Å². The molecular weight excluding hydrogens is 406 g/mol. The predicted molar refractivity (Wildman–Crippen MR) is 122 cm³/mol. The van der Waals surface area contributed by atoms with Crippen LogP contribution in [0.2, 0.25) is 0 Å². The molecule has 7 heteroatoms. The molecule has 2 fully saturated rings. The van der Waals surface area contributed by atoms with E-state index in [1.807, 2.05) is 31.2 Å². The minimum absolute atomic E-state index is 0.340. The highest BCUT2D eigenvalue weighted by Crippen LogP contribution is 2.31. The van der Waals surface area contributed by atoms with Gasteiger partial charge in [0, 0.05) is 38.1 Å². The molecule has 0 aliphatic carbocycles. The number of nitrogens with zero attached hydrogens (tertiary/aromatic N) is 3. The fourth-order valence-corrected chi connectivity index (χ4v) is 4.90. The molecule has 5 rings (SSSR count). The summed E-state index contributed by atoms with van der Waals surface area (Å²) >= 11 is 0. The van der Waals surface area contributed by atoms with Gasteiger partial charge < -0.3 is 18.9 Å². The number of methoxy groups -OCH3 is 1. The van der Waals surface area contributed by atoms with E-state index >= 15 is 0 Å². The molecule has 2 atom stereocenters. The molecule has 2 unspecified atom stereocenters. The van der Waals surface area contributed by atoms with Crippen molar-refractivity contribution in [3.05, 3.63) is 53.6 Å². The number of hydrogen-bond donors (Lipinski definition) is 0. The van der Waals surface area contributed by atoms with E-state index in [1.165, 1.54) is 7.11 Å². The molecule has 0 bridgehead atoms. The molecule has 7 nitrogen and oxygen atoms in total. The topological polar surface area (TPSA) is 68.0 Å². The van der Waals surface area contributed by atoms with Crippen molar-refractivity contribution < 1.29 is 18.8 Å². The smallest absolute Gasteiger partial charge is 0.337 e. The molecule has 2 aromatic carbocycles. The number of esters is 1. The van der Waals surface area contributed by atoms with Crippen LogP contribution in [0.1, 0.15) is 28.8 Å². The first-order valence-corrected chi connectivity index (χ1v) is 11.3. The Morgan fingerprint density at radius 3 is 2.91 bits per heavy atom. The van der Waals surface area contributed by atoms with Crippen LogP contribution in [0.5, 0.6) is 5.75 Å². The maximum Gasteiger partial charge on any atom is 0.337 e.